The summed E-state index contributed by atoms with van der Waals surface area (Å²) in [5.74, 6) is 0. The first kappa shape index (κ1) is 12.8. The van der Waals surface area contributed by atoms with Crippen molar-refractivity contribution in [1.82, 2.24) is 10.6 Å². The molecular formula is C7H18N2O3S. The van der Waals surface area contributed by atoms with Gasteiger partial charge in [0, 0.05) is 6.04 Å². The van der Waals surface area contributed by atoms with E-state index in [0.29, 0.717) is 0 Å². The van der Waals surface area contributed by atoms with Gasteiger partial charge in [-0.3, -0.25) is 4.18 Å². The Hall–Kier alpha value is -0.170. The molecule has 5 nitrogen and oxygen atoms in total. The highest BCUT2D eigenvalue weighted by molar-refractivity contribution is 7.85. The molecule has 0 aliphatic carbocycles. The maximum Gasteiger partial charge on any atom is 0.264 e. The fourth-order valence-electron chi connectivity index (χ4n) is 0.835. The summed E-state index contributed by atoms with van der Waals surface area (Å²) in [5, 5.41) is 5.96. The first-order valence-corrected chi connectivity index (χ1v) is 5.97. The molecule has 13 heavy (non-hydrogen) atoms. The van der Waals surface area contributed by atoms with E-state index in [1.54, 1.807) is 7.05 Å². The molecule has 0 rings (SSSR count). The number of hydrogen-bond acceptors (Lipinski definition) is 5. The lowest BCUT2D eigenvalue weighted by Gasteiger charge is -2.14. The second-order valence-electron chi connectivity index (χ2n) is 2.87. The third-order valence-electron chi connectivity index (χ3n) is 1.63. The standard InChI is InChI=1S/C7H18N2O3S/c1-8-5-4-7(9-2)6-12-13(3,10)11/h7-9H,4-6H2,1-3H3/t7-/m0/s1. The van der Waals surface area contributed by atoms with Crippen LogP contribution in [-0.4, -0.2) is 48.0 Å². The van der Waals surface area contributed by atoms with Crippen LogP contribution in [0.5, 0.6) is 0 Å². The van der Waals surface area contributed by atoms with Crippen molar-refractivity contribution in [2.24, 2.45) is 0 Å². The van der Waals surface area contributed by atoms with Crippen LogP contribution in [0.1, 0.15) is 6.42 Å². The molecule has 0 spiro atoms. The van der Waals surface area contributed by atoms with Crippen molar-refractivity contribution < 1.29 is 12.6 Å². The highest BCUT2D eigenvalue weighted by Crippen LogP contribution is 1.94. The topological polar surface area (TPSA) is 67.4 Å². The molecule has 0 saturated heterocycles. The minimum absolute atomic E-state index is 0.0715. The largest absolute Gasteiger partial charge is 0.320 e. The second-order valence-corrected chi connectivity index (χ2v) is 4.51. The van der Waals surface area contributed by atoms with Gasteiger partial charge in [-0.05, 0) is 27.1 Å². The lowest BCUT2D eigenvalue weighted by atomic mass is 10.2. The van der Waals surface area contributed by atoms with E-state index in [4.69, 9.17) is 0 Å². The van der Waals surface area contributed by atoms with Gasteiger partial charge in [0.1, 0.15) is 0 Å². The molecule has 80 valence electrons. The molecule has 0 aliphatic heterocycles. The third-order valence-corrected chi connectivity index (χ3v) is 2.20. The summed E-state index contributed by atoms with van der Waals surface area (Å²) in [6.45, 7) is 1.02. The SMILES string of the molecule is CNCC[C@@H](COS(C)(=O)=O)NC. The van der Waals surface area contributed by atoms with E-state index >= 15 is 0 Å². The summed E-state index contributed by atoms with van der Waals surface area (Å²) < 4.78 is 26.0. The Morgan fingerprint density at radius 1 is 1.38 bits per heavy atom. The first-order chi connectivity index (χ1) is 5.99. The Kier molecular flexibility index (Phi) is 6.23. The third kappa shape index (κ3) is 8.17. The van der Waals surface area contributed by atoms with Gasteiger partial charge in [-0.2, -0.15) is 8.42 Å². The minimum Gasteiger partial charge on any atom is -0.320 e. The van der Waals surface area contributed by atoms with Gasteiger partial charge >= 0.3 is 0 Å². The fraction of sp³-hybridized carbons (Fsp3) is 1.00. The van der Waals surface area contributed by atoms with Crippen molar-refractivity contribution in [3.8, 4) is 0 Å². The van der Waals surface area contributed by atoms with Gasteiger partial charge in [-0.1, -0.05) is 0 Å². The van der Waals surface area contributed by atoms with E-state index < -0.39 is 10.1 Å². The van der Waals surface area contributed by atoms with E-state index in [-0.39, 0.29) is 12.6 Å². The average molecular weight is 210 g/mol. The van der Waals surface area contributed by atoms with Crippen molar-refractivity contribution >= 4 is 10.1 Å². The molecule has 0 bridgehead atoms. The van der Waals surface area contributed by atoms with Crippen molar-refractivity contribution in [1.29, 1.82) is 0 Å². The summed E-state index contributed by atoms with van der Waals surface area (Å²) >= 11 is 0. The Labute approximate surface area is 80.0 Å². The van der Waals surface area contributed by atoms with Gasteiger partial charge in [-0.25, -0.2) is 0 Å². The van der Waals surface area contributed by atoms with Gasteiger partial charge in [0.05, 0.1) is 12.9 Å². The van der Waals surface area contributed by atoms with Crippen LogP contribution in [0.2, 0.25) is 0 Å². The Bertz CT molecular complexity index is 216. The van der Waals surface area contributed by atoms with Crippen LogP contribution < -0.4 is 10.6 Å². The number of nitrogens with one attached hydrogen (secondary N) is 2. The normalized spacial score (nSPS) is 14.4. The molecular weight excluding hydrogens is 192 g/mol. The van der Waals surface area contributed by atoms with Crippen LogP contribution in [0.3, 0.4) is 0 Å². The summed E-state index contributed by atoms with van der Waals surface area (Å²) in [4.78, 5) is 0. The van der Waals surface area contributed by atoms with Gasteiger partial charge in [0.25, 0.3) is 10.1 Å². The molecule has 0 saturated carbocycles. The lowest BCUT2D eigenvalue weighted by molar-refractivity contribution is 0.270. The number of hydrogen-bond donors (Lipinski definition) is 2. The van der Waals surface area contributed by atoms with Crippen molar-refractivity contribution in [3.05, 3.63) is 0 Å². The molecule has 0 fully saturated rings. The van der Waals surface area contributed by atoms with Crippen molar-refractivity contribution in [3.63, 3.8) is 0 Å². The highest BCUT2D eigenvalue weighted by atomic mass is 32.2. The Balaban J connectivity index is 3.72. The van der Waals surface area contributed by atoms with E-state index in [1.807, 2.05) is 7.05 Å². The average Bonchev–Trinajstić information content (AvgIpc) is 2.03. The Morgan fingerprint density at radius 2 is 2.00 bits per heavy atom. The summed E-state index contributed by atoms with van der Waals surface area (Å²) in [7, 11) is 0.320. The molecule has 0 radical (unpaired) electrons. The molecule has 0 unspecified atom stereocenters. The van der Waals surface area contributed by atoms with Gasteiger partial charge in [0.2, 0.25) is 0 Å². The first-order valence-electron chi connectivity index (χ1n) is 4.16. The van der Waals surface area contributed by atoms with Crippen molar-refractivity contribution in [2.75, 3.05) is 33.5 Å². The smallest absolute Gasteiger partial charge is 0.264 e. The summed E-state index contributed by atoms with van der Waals surface area (Å²) in [6.07, 6.45) is 1.89. The molecule has 0 aromatic heterocycles. The maximum atomic E-state index is 10.7. The van der Waals surface area contributed by atoms with E-state index in [2.05, 4.69) is 14.8 Å². The maximum absolute atomic E-state index is 10.7. The van der Waals surface area contributed by atoms with Crippen LogP contribution in [0.4, 0.5) is 0 Å². The van der Waals surface area contributed by atoms with Crippen LogP contribution in [0.15, 0.2) is 0 Å². The van der Waals surface area contributed by atoms with E-state index in [0.717, 1.165) is 19.2 Å². The lowest BCUT2D eigenvalue weighted by Crippen LogP contribution is -2.33. The van der Waals surface area contributed by atoms with Crippen molar-refractivity contribution in [2.45, 2.75) is 12.5 Å². The molecule has 6 heteroatoms. The van der Waals surface area contributed by atoms with Gasteiger partial charge in [-0.15, -0.1) is 0 Å². The second kappa shape index (κ2) is 6.31. The summed E-state index contributed by atoms with van der Waals surface area (Å²) in [5.41, 5.74) is 0. The van der Waals surface area contributed by atoms with E-state index in [9.17, 15) is 8.42 Å². The number of rotatable bonds is 7. The molecule has 2 N–H and O–H groups in total. The molecule has 0 amide bonds. The molecule has 0 heterocycles. The van der Waals surface area contributed by atoms with Crippen LogP contribution in [0, 0.1) is 0 Å². The summed E-state index contributed by atoms with van der Waals surface area (Å²) in [6, 6.07) is 0.0715. The zero-order valence-electron chi connectivity index (χ0n) is 8.33. The predicted molar refractivity (Wildman–Crippen MR) is 52.2 cm³/mol. The highest BCUT2D eigenvalue weighted by Gasteiger charge is 2.09. The van der Waals surface area contributed by atoms with Crippen LogP contribution in [0.25, 0.3) is 0 Å². The molecule has 0 aromatic carbocycles. The predicted octanol–water partition coefficient (Wildman–Crippen LogP) is -0.840. The van der Waals surface area contributed by atoms with Gasteiger partial charge in [0.15, 0.2) is 0 Å². The van der Waals surface area contributed by atoms with E-state index in [1.165, 1.54) is 0 Å². The van der Waals surface area contributed by atoms with Crippen LogP contribution in [-0.2, 0) is 14.3 Å². The van der Waals surface area contributed by atoms with Crippen LogP contribution >= 0.6 is 0 Å². The molecule has 0 aliphatic rings. The Morgan fingerprint density at radius 3 is 2.38 bits per heavy atom. The quantitative estimate of drug-likeness (QED) is 0.536. The molecule has 1 atom stereocenters. The molecule has 0 aromatic rings. The van der Waals surface area contributed by atoms with Gasteiger partial charge < -0.3 is 10.6 Å². The minimum atomic E-state index is -3.31. The fourth-order valence-corrected chi connectivity index (χ4v) is 1.25. The zero-order valence-corrected chi connectivity index (χ0v) is 9.15. The zero-order chi connectivity index (χ0) is 10.3. The monoisotopic (exact) mass is 210 g/mol. The number of likely N-dealkylation sites (N-methyl/N-ethyl adjacent to an activating group) is 1.